The van der Waals surface area contributed by atoms with E-state index in [1.54, 1.807) is 12.3 Å². The lowest BCUT2D eigenvalue weighted by Gasteiger charge is -2.42. The Hall–Kier alpha value is -3.01. The molecule has 9 nitrogen and oxygen atoms in total. The van der Waals surface area contributed by atoms with E-state index in [0.717, 1.165) is 43.9 Å². The number of aromatic amines is 1. The Kier molecular flexibility index (Phi) is 4.86. The van der Waals surface area contributed by atoms with Crippen molar-refractivity contribution in [1.82, 2.24) is 30.1 Å². The van der Waals surface area contributed by atoms with E-state index in [1.807, 2.05) is 12.3 Å². The molecule has 0 aromatic carbocycles. The predicted molar refractivity (Wildman–Crippen MR) is 125 cm³/mol. The topological polar surface area (TPSA) is 119 Å². The van der Waals surface area contributed by atoms with Crippen LogP contribution in [0.3, 0.4) is 0 Å². The largest absolute Gasteiger partial charge is 0.434 e. The van der Waals surface area contributed by atoms with Crippen molar-refractivity contribution in [2.24, 2.45) is 11.1 Å². The average molecular weight is 483 g/mol. The maximum atomic E-state index is 6.67. The van der Waals surface area contributed by atoms with Crippen molar-refractivity contribution in [2.45, 2.75) is 25.3 Å². The van der Waals surface area contributed by atoms with Crippen LogP contribution in [0.2, 0.25) is 10.2 Å². The molecule has 1 fully saturated rings. The summed E-state index contributed by atoms with van der Waals surface area (Å²) >= 11 is 12.1. The van der Waals surface area contributed by atoms with Gasteiger partial charge in [-0.15, -0.1) is 5.10 Å². The maximum Gasteiger partial charge on any atom is 0.266 e. The van der Waals surface area contributed by atoms with Gasteiger partial charge in [0.25, 0.3) is 5.88 Å². The number of aromatic nitrogens is 6. The van der Waals surface area contributed by atoms with Gasteiger partial charge in [0.2, 0.25) is 0 Å². The molecule has 0 radical (unpaired) electrons. The highest BCUT2D eigenvalue weighted by Crippen LogP contribution is 2.50. The van der Waals surface area contributed by atoms with E-state index in [4.69, 9.17) is 38.7 Å². The fraction of sp³-hybridized carbons (Fsp3) is 0.318. The molecule has 4 aromatic heterocycles. The number of rotatable bonds is 3. The molecule has 6 rings (SSSR count). The highest BCUT2D eigenvalue weighted by molar-refractivity contribution is 6.42. The number of pyridine rings is 2. The van der Waals surface area contributed by atoms with E-state index < -0.39 is 0 Å². The van der Waals surface area contributed by atoms with E-state index in [0.29, 0.717) is 16.9 Å². The van der Waals surface area contributed by atoms with E-state index in [9.17, 15) is 0 Å². The lowest BCUT2D eigenvalue weighted by atomic mass is 9.73. The number of hydrogen-bond donors (Lipinski definition) is 2. The number of anilines is 1. The third kappa shape index (κ3) is 3.38. The first-order valence-electron chi connectivity index (χ1n) is 10.7. The highest BCUT2D eigenvalue weighted by Gasteiger charge is 2.46. The van der Waals surface area contributed by atoms with E-state index in [2.05, 4.69) is 36.1 Å². The molecule has 3 N–H and O–H groups in total. The van der Waals surface area contributed by atoms with Gasteiger partial charge in [-0.2, -0.15) is 0 Å². The lowest BCUT2D eigenvalue weighted by molar-refractivity contribution is 0.186. The van der Waals surface area contributed by atoms with Crippen molar-refractivity contribution < 1.29 is 4.74 Å². The van der Waals surface area contributed by atoms with E-state index in [1.165, 1.54) is 11.8 Å². The van der Waals surface area contributed by atoms with Crippen LogP contribution in [0.1, 0.15) is 30.1 Å². The van der Waals surface area contributed by atoms with Gasteiger partial charge >= 0.3 is 0 Å². The van der Waals surface area contributed by atoms with Gasteiger partial charge in [0.15, 0.2) is 22.1 Å². The molecule has 0 saturated carbocycles. The number of piperidine rings is 1. The molecule has 0 unspecified atom stereocenters. The van der Waals surface area contributed by atoms with Crippen molar-refractivity contribution in [3.8, 4) is 11.6 Å². The van der Waals surface area contributed by atoms with Gasteiger partial charge in [0, 0.05) is 43.3 Å². The van der Waals surface area contributed by atoms with Gasteiger partial charge in [-0.3, -0.25) is 10.1 Å². The summed E-state index contributed by atoms with van der Waals surface area (Å²) in [5, 5.41) is 7.47. The van der Waals surface area contributed by atoms with Gasteiger partial charge < -0.3 is 15.4 Å². The van der Waals surface area contributed by atoms with Crippen LogP contribution < -0.4 is 15.4 Å². The van der Waals surface area contributed by atoms with Crippen LogP contribution >= 0.6 is 23.2 Å². The normalized spacial score (nSPS) is 19.2. The van der Waals surface area contributed by atoms with Crippen molar-refractivity contribution in [3.05, 3.63) is 58.2 Å². The van der Waals surface area contributed by atoms with Gasteiger partial charge in [-0.1, -0.05) is 29.3 Å². The Morgan fingerprint density at radius 1 is 1.12 bits per heavy atom. The second-order valence-corrected chi connectivity index (χ2v) is 9.25. The second-order valence-electron chi connectivity index (χ2n) is 8.51. The zero-order chi connectivity index (χ0) is 22.6. The first-order valence-corrected chi connectivity index (χ1v) is 11.4. The minimum Gasteiger partial charge on any atom is -0.434 e. The Morgan fingerprint density at radius 2 is 1.97 bits per heavy atom. The van der Waals surface area contributed by atoms with Crippen LogP contribution in [0.4, 0.5) is 5.82 Å². The summed E-state index contributed by atoms with van der Waals surface area (Å²) < 4.78 is 5.80. The molecule has 5 heterocycles. The van der Waals surface area contributed by atoms with Crippen molar-refractivity contribution in [3.63, 3.8) is 0 Å². The number of H-pyrrole nitrogens is 1. The summed E-state index contributed by atoms with van der Waals surface area (Å²) in [6, 6.07) is 5.72. The highest BCUT2D eigenvalue weighted by atomic mass is 35.5. The van der Waals surface area contributed by atoms with Crippen LogP contribution in [-0.4, -0.2) is 43.2 Å². The molecule has 33 heavy (non-hydrogen) atoms. The summed E-state index contributed by atoms with van der Waals surface area (Å²) in [4.78, 5) is 20.0. The van der Waals surface area contributed by atoms with E-state index in [-0.39, 0.29) is 27.5 Å². The smallest absolute Gasteiger partial charge is 0.266 e. The lowest BCUT2D eigenvalue weighted by Crippen LogP contribution is -2.44. The quantitative estimate of drug-likeness (QED) is 0.419. The summed E-state index contributed by atoms with van der Waals surface area (Å²) in [6.45, 7) is 1.70. The predicted octanol–water partition coefficient (Wildman–Crippen LogP) is 4.08. The summed E-state index contributed by atoms with van der Waals surface area (Å²) in [6.07, 6.45) is 7.99. The molecule has 1 spiro atoms. The van der Waals surface area contributed by atoms with Gasteiger partial charge in [0.1, 0.15) is 10.8 Å². The molecule has 168 valence electrons. The Morgan fingerprint density at radius 3 is 2.79 bits per heavy atom. The zero-order valence-electron chi connectivity index (χ0n) is 17.5. The monoisotopic (exact) mass is 482 g/mol. The number of hydrogen-bond acceptors (Lipinski definition) is 8. The molecule has 4 aromatic rings. The van der Waals surface area contributed by atoms with Crippen molar-refractivity contribution in [1.29, 1.82) is 0 Å². The minimum absolute atomic E-state index is 0.0257. The van der Waals surface area contributed by atoms with Crippen LogP contribution in [-0.2, 0) is 6.42 Å². The van der Waals surface area contributed by atoms with Crippen LogP contribution in [0.5, 0.6) is 11.6 Å². The molecular formula is C22H20Cl2N8O. The summed E-state index contributed by atoms with van der Waals surface area (Å²) in [7, 11) is 0. The third-order valence-corrected chi connectivity index (χ3v) is 7.52. The SMILES string of the molecule is N[C@@H]1c2cccnc2CC12CCN(c1cnc3c(Oc4ccnc(Cl)c4Cl)n[nH]c3n1)CC2. The first-order chi connectivity index (χ1) is 16.0. The van der Waals surface area contributed by atoms with Crippen molar-refractivity contribution >= 4 is 40.2 Å². The number of nitrogens with zero attached hydrogens (tertiary/aromatic N) is 6. The number of fused-ring (bicyclic) bond motifs is 2. The molecule has 1 aliphatic carbocycles. The molecule has 11 heteroatoms. The van der Waals surface area contributed by atoms with E-state index >= 15 is 0 Å². The zero-order valence-corrected chi connectivity index (χ0v) is 19.0. The molecule has 1 aliphatic heterocycles. The van der Waals surface area contributed by atoms with Gasteiger partial charge in [-0.05, 0) is 36.3 Å². The van der Waals surface area contributed by atoms with Crippen LogP contribution in [0.15, 0.2) is 36.8 Å². The van der Waals surface area contributed by atoms with Crippen molar-refractivity contribution in [2.75, 3.05) is 18.0 Å². The number of nitrogens with two attached hydrogens (primary N) is 1. The third-order valence-electron chi connectivity index (χ3n) is 6.77. The minimum atomic E-state index is 0.0257. The molecule has 1 saturated heterocycles. The Bertz CT molecular complexity index is 1350. The van der Waals surface area contributed by atoms with Crippen LogP contribution in [0, 0.1) is 5.41 Å². The molecule has 0 amide bonds. The fourth-order valence-electron chi connectivity index (χ4n) is 4.90. The Labute approximate surface area is 199 Å². The van der Waals surface area contributed by atoms with Gasteiger partial charge in [0.05, 0.1) is 6.20 Å². The maximum absolute atomic E-state index is 6.67. The number of nitrogens with one attached hydrogen (secondary N) is 1. The molecule has 1 atom stereocenters. The van der Waals surface area contributed by atoms with Crippen LogP contribution in [0.25, 0.3) is 11.2 Å². The summed E-state index contributed by atoms with van der Waals surface area (Å²) in [5.74, 6) is 1.41. The fourth-order valence-corrected chi connectivity index (χ4v) is 5.20. The Balaban J connectivity index is 1.20. The summed E-state index contributed by atoms with van der Waals surface area (Å²) in [5.41, 5.74) is 10.1. The standard InChI is InChI=1S/C22H20Cl2N8O/c23-16-14(3-7-27-19(16)24)33-21-17-20(30-31-21)29-15(11-28-17)32-8-4-22(5-9-32)10-13-12(18(22)25)2-1-6-26-13/h1-3,6-7,11,18H,4-5,8-10,25H2,(H,29,30,31)/t18-/m1/s1. The van der Waals surface area contributed by atoms with Gasteiger partial charge in [-0.25, -0.2) is 15.0 Å². The average Bonchev–Trinajstić information content (AvgIpc) is 3.36. The molecule has 2 aliphatic rings. The molecule has 0 bridgehead atoms. The number of halogens is 2. The first kappa shape index (κ1) is 20.6. The molecular weight excluding hydrogens is 463 g/mol. The second kappa shape index (κ2) is 7.79. The number of ether oxygens (including phenoxy) is 1.